The predicted molar refractivity (Wildman–Crippen MR) is 65.0 cm³/mol. The lowest BCUT2D eigenvalue weighted by Crippen LogP contribution is -2.01. The molecule has 0 aliphatic carbocycles. The van der Waals surface area contributed by atoms with E-state index in [2.05, 4.69) is 10.2 Å². The molecular formula is C11H13N3OS. The zero-order valence-corrected chi connectivity index (χ0v) is 9.61. The summed E-state index contributed by atoms with van der Waals surface area (Å²) < 4.78 is 5.53. The molecule has 1 heterocycles. The van der Waals surface area contributed by atoms with Crippen LogP contribution in [0.2, 0.25) is 0 Å². The van der Waals surface area contributed by atoms with Crippen molar-refractivity contribution >= 4 is 11.8 Å². The van der Waals surface area contributed by atoms with E-state index in [1.165, 1.54) is 0 Å². The van der Waals surface area contributed by atoms with E-state index in [0.29, 0.717) is 18.3 Å². The van der Waals surface area contributed by atoms with E-state index in [1.54, 1.807) is 11.8 Å². The Hall–Kier alpha value is -1.33. The van der Waals surface area contributed by atoms with Crippen molar-refractivity contribution in [1.29, 1.82) is 0 Å². The number of rotatable bonds is 5. The van der Waals surface area contributed by atoms with E-state index in [-0.39, 0.29) is 0 Å². The molecule has 1 aromatic carbocycles. The molecule has 4 nitrogen and oxygen atoms in total. The standard InChI is InChI=1S/C11H13N3OS/c12-6-7-16-8-10-13-14-11(15-10)9-4-2-1-3-5-9/h1-5H,6-8,12H2. The Labute approximate surface area is 98.2 Å². The smallest absolute Gasteiger partial charge is 0.247 e. The summed E-state index contributed by atoms with van der Waals surface area (Å²) in [5.41, 5.74) is 6.35. The van der Waals surface area contributed by atoms with Crippen LogP contribution in [0, 0.1) is 0 Å². The second kappa shape index (κ2) is 5.67. The van der Waals surface area contributed by atoms with Crippen molar-refractivity contribution in [3.05, 3.63) is 36.2 Å². The van der Waals surface area contributed by atoms with Gasteiger partial charge in [-0.25, -0.2) is 0 Å². The van der Waals surface area contributed by atoms with Crippen LogP contribution in [-0.4, -0.2) is 22.5 Å². The maximum Gasteiger partial charge on any atom is 0.247 e. The number of hydrogen-bond acceptors (Lipinski definition) is 5. The van der Waals surface area contributed by atoms with E-state index in [9.17, 15) is 0 Å². The first kappa shape index (κ1) is 11.2. The third kappa shape index (κ3) is 2.84. The van der Waals surface area contributed by atoms with Gasteiger partial charge in [-0.1, -0.05) is 18.2 Å². The summed E-state index contributed by atoms with van der Waals surface area (Å²) in [4.78, 5) is 0. The van der Waals surface area contributed by atoms with Crippen molar-refractivity contribution in [1.82, 2.24) is 10.2 Å². The molecule has 2 aromatic rings. The van der Waals surface area contributed by atoms with Gasteiger partial charge in [-0.2, -0.15) is 11.8 Å². The topological polar surface area (TPSA) is 64.9 Å². The van der Waals surface area contributed by atoms with Gasteiger partial charge in [-0.05, 0) is 12.1 Å². The number of thioether (sulfide) groups is 1. The lowest BCUT2D eigenvalue weighted by molar-refractivity contribution is 0.528. The van der Waals surface area contributed by atoms with Crippen LogP contribution in [0.1, 0.15) is 5.89 Å². The van der Waals surface area contributed by atoms with Crippen LogP contribution in [-0.2, 0) is 5.75 Å². The van der Waals surface area contributed by atoms with Crippen molar-refractivity contribution in [2.24, 2.45) is 5.73 Å². The first-order valence-electron chi connectivity index (χ1n) is 5.06. The summed E-state index contributed by atoms with van der Waals surface area (Å²) in [7, 11) is 0. The Kier molecular flexibility index (Phi) is 3.96. The molecule has 0 amide bonds. The summed E-state index contributed by atoms with van der Waals surface area (Å²) in [6, 6.07) is 9.75. The van der Waals surface area contributed by atoms with Gasteiger partial charge in [0.25, 0.3) is 0 Å². The van der Waals surface area contributed by atoms with Crippen molar-refractivity contribution in [3.63, 3.8) is 0 Å². The SMILES string of the molecule is NCCSCc1nnc(-c2ccccc2)o1. The molecule has 0 spiro atoms. The van der Waals surface area contributed by atoms with E-state index in [4.69, 9.17) is 10.2 Å². The lowest BCUT2D eigenvalue weighted by Gasteiger charge is -1.94. The van der Waals surface area contributed by atoms with Crippen LogP contribution in [0.25, 0.3) is 11.5 Å². The molecular weight excluding hydrogens is 222 g/mol. The fraction of sp³-hybridized carbons (Fsp3) is 0.273. The first-order valence-corrected chi connectivity index (χ1v) is 6.21. The van der Waals surface area contributed by atoms with Gasteiger partial charge in [0.05, 0.1) is 5.75 Å². The highest BCUT2D eigenvalue weighted by molar-refractivity contribution is 7.98. The van der Waals surface area contributed by atoms with Gasteiger partial charge in [0.2, 0.25) is 11.8 Å². The Morgan fingerprint density at radius 2 is 2.00 bits per heavy atom. The van der Waals surface area contributed by atoms with E-state index in [0.717, 1.165) is 17.1 Å². The molecule has 0 unspecified atom stereocenters. The Morgan fingerprint density at radius 3 is 2.75 bits per heavy atom. The third-order valence-electron chi connectivity index (χ3n) is 1.98. The van der Waals surface area contributed by atoms with Crippen molar-refractivity contribution in [2.75, 3.05) is 12.3 Å². The summed E-state index contributed by atoms with van der Waals surface area (Å²) in [6.07, 6.45) is 0. The van der Waals surface area contributed by atoms with Crippen molar-refractivity contribution in [2.45, 2.75) is 5.75 Å². The number of nitrogens with zero attached hydrogens (tertiary/aromatic N) is 2. The van der Waals surface area contributed by atoms with Crippen LogP contribution in [0.4, 0.5) is 0 Å². The van der Waals surface area contributed by atoms with E-state index >= 15 is 0 Å². The zero-order valence-electron chi connectivity index (χ0n) is 8.80. The molecule has 84 valence electrons. The van der Waals surface area contributed by atoms with Crippen molar-refractivity contribution < 1.29 is 4.42 Å². The second-order valence-corrected chi connectivity index (χ2v) is 4.31. The first-order chi connectivity index (χ1) is 7.90. The zero-order chi connectivity index (χ0) is 11.2. The monoisotopic (exact) mass is 235 g/mol. The summed E-state index contributed by atoms with van der Waals surface area (Å²) >= 11 is 1.69. The van der Waals surface area contributed by atoms with Crippen LogP contribution >= 0.6 is 11.8 Å². The van der Waals surface area contributed by atoms with Crippen molar-refractivity contribution in [3.8, 4) is 11.5 Å². The molecule has 0 radical (unpaired) electrons. The minimum Gasteiger partial charge on any atom is -0.420 e. The molecule has 1 aromatic heterocycles. The molecule has 0 aliphatic rings. The van der Waals surface area contributed by atoms with Gasteiger partial charge in [0.15, 0.2) is 0 Å². The fourth-order valence-corrected chi connectivity index (χ4v) is 1.85. The molecule has 0 saturated heterocycles. The maximum absolute atomic E-state index is 5.53. The summed E-state index contributed by atoms with van der Waals surface area (Å²) in [5.74, 6) is 2.85. The van der Waals surface area contributed by atoms with Crippen LogP contribution < -0.4 is 5.73 Å². The molecule has 2 rings (SSSR count). The average Bonchev–Trinajstić information content (AvgIpc) is 2.79. The van der Waals surface area contributed by atoms with Crippen LogP contribution in [0.5, 0.6) is 0 Å². The minimum atomic E-state index is 0.573. The van der Waals surface area contributed by atoms with Gasteiger partial charge in [0, 0.05) is 17.9 Å². The molecule has 0 bridgehead atoms. The molecule has 16 heavy (non-hydrogen) atoms. The van der Waals surface area contributed by atoms with E-state index < -0.39 is 0 Å². The molecule has 0 atom stereocenters. The molecule has 2 N–H and O–H groups in total. The van der Waals surface area contributed by atoms with Gasteiger partial charge in [-0.3, -0.25) is 0 Å². The summed E-state index contributed by atoms with van der Waals surface area (Å²) in [5, 5.41) is 7.99. The average molecular weight is 235 g/mol. The minimum absolute atomic E-state index is 0.573. The Morgan fingerprint density at radius 1 is 1.19 bits per heavy atom. The number of aromatic nitrogens is 2. The summed E-state index contributed by atoms with van der Waals surface area (Å²) in [6.45, 7) is 0.671. The predicted octanol–water partition coefficient (Wildman–Crippen LogP) is 1.93. The van der Waals surface area contributed by atoms with Gasteiger partial charge in [0.1, 0.15) is 0 Å². The number of benzene rings is 1. The Bertz CT molecular complexity index is 430. The molecule has 0 fully saturated rings. The highest BCUT2D eigenvalue weighted by Crippen LogP contribution is 2.19. The molecule has 0 aliphatic heterocycles. The Balaban J connectivity index is 2.02. The van der Waals surface area contributed by atoms with Crippen LogP contribution in [0.3, 0.4) is 0 Å². The maximum atomic E-state index is 5.53. The van der Waals surface area contributed by atoms with Gasteiger partial charge >= 0.3 is 0 Å². The van der Waals surface area contributed by atoms with Gasteiger partial charge in [-0.15, -0.1) is 10.2 Å². The third-order valence-corrected chi connectivity index (χ3v) is 2.95. The molecule has 0 saturated carbocycles. The van der Waals surface area contributed by atoms with Crippen LogP contribution in [0.15, 0.2) is 34.7 Å². The normalized spacial score (nSPS) is 10.6. The number of hydrogen-bond donors (Lipinski definition) is 1. The van der Waals surface area contributed by atoms with Gasteiger partial charge < -0.3 is 10.2 Å². The lowest BCUT2D eigenvalue weighted by atomic mass is 10.2. The largest absolute Gasteiger partial charge is 0.420 e. The quantitative estimate of drug-likeness (QED) is 0.802. The second-order valence-electron chi connectivity index (χ2n) is 3.21. The number of nitrogens with two attached hydrogens (primary N) is 1. The highest BCUT2D eigenvalue weighted by atomic mass is 32.2. The van der Waals surface area contributed by atoms with E-state index in [1.807, 2.05) is 30.3 Å². The highest BCUT2D eigenvalue weighted by Gasteiger charge is 2.07. The fourth-order valence-electron chi connectivity index (χ4n) is 1.25. The molecule has 5 heteroatoms.